The molecule has 1 aliphatic carbocycles. The molecule has 1 aromatic carbocycles. The van der Waals surface area contributed by atoms with Crippen molar-refractivity contribution in [1.82, 2.24) is 5.32 Å². The number of nitrogens with two attached hydrogens (primary N) is 1. The Morgan fingerprint density at radius 2 is 2.24 bits per heavy atom. The van der Waals surface area contributed by atoms with Crippen LogP contribution in [-0.4, -0.2) is 25.6 Å². The molecule has 2 rings (SSSR count). The minimum Gasteiger partial charge on any atom is -0.382 e. The third-order valence-electron chi connectivity index (χ3n) is 3.62. The highest BCUT2D eigenvalue weighted by molar-refractivity contribution is 5.77. The Hall–Kier alpha value is -2.29. The van der Waals surface area contributed by atoms with Gasteiger partial charge in [0.05, 0.1) is 5.69 Å². The molecule has 0 spiro atoms. The number of nitrogens with zero attached hydrogens (tertiary/aromatic N) is 2. The second kappa shape index (κ2) is 7.48. The van der Waals surface area contributed by atoms with Crippen LogP contribution in [0.25, 0.3) is 0 Å². The number of hydrogen-bond acceptors (Lipinski definition) is 3. The highest BCUT2D eigenvalue weighted by atomic mass is 19.1. The highest BCUT2D eigenvalue weighted by Crippen LogP contribution is 2.26. The van der Waals surface area contributed by atoms with Crippen LogP contribution in [0.2, 0.25) is 0 Å². The molecule has 1 saturated carbocycles. The van der Waals surface area contributed by atoms with Crippen molar-refractivity contribution >= 4 is 11.6 Å². The lowest BCUT2D eigenvalue weighted by Crippen LogP contribution is -2.35. The van der Waals surface area contributed by atoms with E-state index in [0.717, 1.165) is 6.54 Å². The molecule has 0 aromatic heterocycles. The van der Waals surface area contributed by atoms with Crippen molar-refractivity contribution in [3.8, 4) is 6.07 Å². The first kappa shape index (κ1) is 15.1. The Labute approximate surface area is 124 Å². The molecule has 6 heteroatoms. The minimum absolute atomic E-state index is 0.0316. The van der Waals surface area contributed by atoms with Crippen LogP contribution in [-0.2, 0) is 0 Å². The first-order valence-corrected chi connectivity index (χ1v) is 7.17. The number of benzene rings is 1. The Kier molecular flexibility index (Phi) is 5.38. The van der Waals surface area contributed by atoms with Gasteiger partial charge in [0.15, 0.2) is 5.96 Å². The average Bonchev–Trinajstić information content (AvgIpc) is 2.42. The third-order valence-corrected chi connectivity index (χ3v) is 3.62. The van der Waals surface area contributed by atoms with Gasteiger partial charge >= 0.3 is 0 Å². The number of guanidine groups is 1. The number of nitrogens with one attached hydrogen (secondary N) is 2. The van der Waals surface area contributed by atoms with Gasteiger partial charge in [-0.3, -0.25) is 4.99 Å². The number of hydrogen-bond donors (Lipinski definition) is 3. The van der Waals surface area contributed by atoms with Gasteiger partial charge in [0, 0.05) is 19.6 Å². The third kappa shape index (κ3) is 4.35. The van der Waals surface area contributed by atoms with Crippen LogP contribution >= 0.6 is 0 Å². The Balaban J connectivity index is 1.72. The molecule has 21 heavy (non-hydrogen) atoms. The molecule has 5 nitrogen and oxygen atoms in total. The van der Waals surface area contributed by atoms with Crippen LogP contribution in [0, 0.1) is 23.1 Å². The monoisotopic (exact) mass is 289 g/mol. The molecule has 1 aromatic rings. The normalized spacial score (nSPS) is 15.1. The van der Waals surface area contributed by atoms with Gasteiger partial charge in [-0.2, -0.15) is 5.26 Å². The second-order valence-electron chi connectivity index (χ2n) is 5.15. The zero-order chi connectivity index (χ0) is 15.1. The molecule has 0 radical (unpaired) electrons. The molecule has 0 unspecified atom stereocenters. The molecule has 0 heterocycles. The van der Waals surface area contributed by atoms with Gasteiger partial charge in [-0.25, -0.2) is 4.39 Å². The van der Waals surface area contributed by atoms with E-state index in [4.69, 9.17) is 11.0 Å². The zero-order valence-electron chi connectivity index (χ0n) is 11.9. The fourth-order valence-electron chi connectivity index (χ4n) is 2.13. The van der Waals surface area contributed by atoms with Crippen molar-refractivity contribution in [3.63, 3.8) is 0 Å². The standard InChI is InChI=1S/C15H20FN5/c16-13-5-2-6-14(12(13)9-17)19-7-8-20-15(18)21-10-11-3-1-4-11/h2,5-6,11,19H,1,3-4,7-8,10H2,(H3,18,20,21). The molecular formula is C15H20FN5. The van der Waals surface area contributed by atoms with E-state index in [1.807, 2.05) is 6.07 Å². The molecule has 1 aliphatic rings. The van der Waals surface area contributed by atoms with Crippen LogP contribution in [0.15, 0.2) is 23.2 Å². The topological polar surface area (TPSA) is 86.2 Å². The first-order chi connectivity index (χ1) is 10.2. The summed E-state index contributed by atoms with van der Waals surface area (Å²) in [6, 6.07) is 6.37. The van der Waals surface area contributed by atoms with E-state index in [0.29, 0.717) is 30.7 Å². The molecule has 112 valence electrons. The van der Waals surface area contributed by atoms with Crippen LogP contribution in [0.3, 0.4) is 0 Å². The Morgan fingerprint density at radius 1 is 1.43 bits per heavy atom. The molecule has 0 saturated heterocycles. The van der Waals surface area contributed by atoms with Gasteiger partial charge in [0.25, 0.3) is 0 Å². The molecule has 0 atom stereocenters. The number of aliphatic imine (C=N–C) groups is 1. The summed E-state index contributed by atoms with van der Waals surface area (Å²) in [6.07, 6.45) is 3.79. The Morgan fingerprint density at radius 3 is 2.90 bits per heavy atom. The highest BCUT2D eigenvalue weighted by Gasteiger charge is 2.16. The quantitative estimate of drug-likeness (QED) is 0.423. The smallest absolute Gasteiger partial charge is 0.188 e. The number of halogens is 1. The van der Waals surface area contributed by atoms with Crippen LogP contribution < -0.4 is 16.4 Å². The van der Waals surface area contributed by atoms with E-state index in [9.17, 15) is 4.39 Å². The van der Waals surface area contributed by atoms with Gasteiger partial charge in [0.1, 0.15) is 17.4 Å². The van der Waals surface area contributed by atoms with Gasteiger partial charge in [-0.05, 0) is 30.9 Å². The summed E-state index contributed by atoms with van der Waals surface area (Å²) in [5.41, 5.74) is 6.28. The van der Waals surface area contributed by atoms with Gasteiger partial charge < -0.3 is 16.4 Å². The van der Waals surface area contributed by atoms with Crippen molar-refractivity contribution in [2.75, 3.05) is 25.0 Å². The summed E-state index contributed by atoms with van der Waals surface area (Å²) in [5, 5.41) is 14.9. The van der Waals surface area contributed by atoms with Crippen LogP contribution in [0.5, 0.6) is 0 Å². The molecule has 0 amide bonds. The maximum atomic E-state index is 13.4. The predicted octanol–water partition coefficient (Wildman–Crippen LogP) is 1.81. The summed E-state index contributed by atoms with van der Waals surface area (Å²) in [6.45, 7) is 1.87. The summed E-state index contributed by atoms with van der Waals surface area (Å²) in [4.78, 5) is 4.28. The lowest BCUT2D eigenvalue weighted by molar-refractivity contribution is 0.326. The summed E-state index contributed by atoms with van der Waals surface area (Å²) < 4.78 is 13.4. The number of rotatable bonds is 6. The van der Waals surface area contributed by atoms with E-state index < -0.39 is 5.82 Å². The van der Waals surface area contributed by atoms with E-state index in [-0.39, 0.29) is 5.56 Å². The fraction of sp³-hybridized carbons (Fsp3) is 0.467. The fourth-order valence-corrected chi connectivity index (χ4v) is 2.13. The Bertz CT molecular complexity index is 545. The maximum absolute atomic E-state index is 13.4. The summed E-state index contributed by atoms with van der Waals surface area (Å²) in [7, 11) is 0. The minimum atomic E-state index is -0.517. The van der Waals surface area contributed by atoms with Crippen molar-refractivity contribution in [3.05, 3.63) is 29.6 Å². The van der Waals surface area contributed by atoms with Crippen molar-refractivity contribution < 1.29 is 4.39 Å². The lowest BCUT2D eigenvalue weighted by Gasteiger charge is -2.23. The van der Waals surface area contributed by atoms with Crippen LogP contribution in [0.1, 0.15) is 24.8 Å². The van der Waals surface area contributed by atoms with Crippen molar-refractivity contribution in [1.29, 1.82) is 5.26 Å². The van der Waals surface area contributed by atoms with Gasteiger partial charge in [-0.1, -0.05) is 12.5 Å². The second-order valence-corrected chi connectivity index (χ2v) is 5.15. The first-order valence-electron chi connectivity index (χ1n) is 7.17. The molecule has 0 aliphatic heterocycles. The number of nitriles is 1. The largest absolute Gasteiger partial charge is 0.382 e. The molecular weight excluding hydrogens is 269 g/mol. The van der Waals surface area contributed by atoms with Crippen LogP contribution in [0.4, 0.5) is 10.1 Å². The summed E-state index contributed by atoms with van der Waals surface area (Å²) in [5.74, 6) is 0.606. The molecule has 1 fully saturated rings. The molecule has 4 N–H and O–H groups in total. The van der Waals surface area contributed by atoms with E-state index in [2.05, 4.69) is 15.6 Å². The van der Waals surface area contributed by atoms with E-state index in [1.165, 1.54) is 25.3 Å². The zero-order valence-corrected chi connectivity index (χ0v) is 11.9. The SMILES string of the molecule is N#Cc1c(F)cccc1NCCNC(N)=NCC1CCC1. The summed E-state index contributed by atoms with van der Waals surface area (Å²) >= 11 is 0. The van der Waals surface area contributed by atoms with Gasteiger partial charge in [-0.15, -0.1) is 0 Å². The predicted molar refractivity (Wildman–Crippen MR) is 81.4 cm³/mol. The van der Waals surface area contributed by atoms with Gasteiger partial charge in [0.2, 0.25) is 0 Å². The van der Waals surface area contributed by atoms with E-state index in [1.54, 1.807) is 12.1 Å². The maximum Gasteiger partial charge on any atom is 0.188 e. The number of anilines is 1. The average molecular weight is 289 g/mol. The van der Waals surface area contributed by atoms with Crippen molar-refractivity contribution in [2.24, 2.45) is 16.6 Å². The van der Waals surface area contributed by atoms with E-state index >= 15 is 0 Å². The molecule has 0 bridgehead atoms. The van der Waals surface area contributed by atoms with Crippen molar-refractivity contribution in [2.45, 2.75) is 19.3 Å². The lowest BCUT2D eigenvalue weighted by atomic mass is 9.86.